The quantitative estimate of drug-likeness (QED) is 0.819. The molecule has 2 rings (SSSR count). The van der Waals surface area contributed by atoms with Crippen molar-refractivity contribution in [1.29, 1.82) is 5.26 Å². The molecular formula is C16H15NO2. The monoisotopic (exact) mass is 253 g/mol. The Morgan fingerprint density at radius 1 is 1.05 bits per heavy atom. The van der Waals surface area contributed by atoms with Crippen molar-refractivity contribution in [2.75, 3.05) is 6.61 Å². The molecule has 0 aliphatic carbocycles. The SMILES string of the molecule is Cc1cc(OCC#N)ccc1OCc1ccccc1. The fraction of sp³-hybridized carbons (Fsp3) is 0.188. The van der Waals surface area contributed by atoms with Gasteiger partial charge in [-0.25, -0.2) is 0 Å². The first-order valence-corrected chi connectivity index (χ1v) is 6.07. The van der Waals surface area contributed by atoms with Crippen LogP contribution in [-0.2, 0) is 6.61 Å². The van der Waals surface area contributed by atoms with Crippen LogP contribution in [0.15, 0.2) is 48.5 Å². The minimum absolute atomic E-state index is 0.0592. The Morgan fingerprint density at radius 3 is 2.53 bits per heavy atom. The molecule has 19 heavy (non-hydrogen) atoms. The molecule has 3 nitrogen and oxygen atoms in total. The van der Waals surface area contributed by atoms with E-state index in [2.05, 4.69) is 0 Å². The van der Waals surface area contributed by atoms with Gasteiger partial charge in [0, 0.05) is 0 Å². The van der Waals surface area contributed by atoms with Crippen LogP contribution < -0.4 is 9.47 Å². The minimum Gasteiger partial charge on any atom is -0.489 e. The fourth-order valence-corrected chi connectivity index (χ4v) is 1.72. The summed E-state index contributed by atoms with van der Waals surface area (Å²) in [5.41, 5.74) is 2.12. The summed E-state index contributed by atoms with van der Waals surface area (Å²) < 4.78 is 11.0. The molecule has 0 bridgehead atoms. The molecule has 0 radical (unpaired) electrons. The fourth-order valence-electron chi connectivity index (χ4n) is 1.72. The van der Waals surface area contributed by atoms with Gasteiger partial charge in [0.05, 0.1) is 0 Å². The smallest absolute Gasteiger partial charge is 0.174 e. The maximum absolute atomic E-state index is 8.46. The highest BCUT2D eigenvalue weighted by atomic mass is 16.5. The molecule has 0 aromatic heterocycles. The van der Waals surface area contributed by atoms with E-state index in [1.54, 1.807) is 0 Å². The van der Waals surface area contributed by atoms with Gasteiger partial charge in [0.2, 0.25) is 0 Å². The Labute approximate surface area is 113 Å². The molecule has 0 spiro atoms. The lowest BCUT2D eigenvalue weighted by molar-refractivity contribution is 0.302. The average molecular weight is 253 g/mol. The van der Waals surface area contributed by atoms with Gasteiger partial charge in [0.1, 0.15) is 24.2 Å². The van der Waals surface area contributed by atoms with Crippen LogP contribution in [0, 0.1) is 18.3 Å². The zero-order valence-corrected chi connectivity index (χ0v) is 10.8. The second-order valence-electron chi connectivity index (χ2n) is 4.15. The maximum Gasteiger partial charge on any atom is 0.174 e. The first-order valence-electron chi connectivity index (χ1n) is 6.07. The lowest BCUT2D eigenvalue weighted by Crippen LogP contribution is -1.98. The summed E-state index contributed by atoms with van der Waals surface area (Å²) in [4.78, 5) is 0. The molecule has 0 amide bonds. The molecule has 0 saturated heterocycles. The predicted octanol–water partition coefficient (Wildman–Crippen LogP) is 3.48. The van der Waals surface area contributed by atoms with E-state index in [4.69, 9.17) is 14.7 Å². The molecule has 0 unspecified atom stereocenters. The van der Waals surface area contributed by atoms with Gasteiger partial charge < -0.3 is 9.47 Å². The first kappa shape index (κ1) is 13.0. The number of nitriles is 1. The number of nitrogens with zero attached hydrogens (tertiary/aromatic N) is 1. The van der Waals surface area contributed by atoms with Crippen LogP contribution in [0.2, 0.25) is 0 Å². The summed E-state index contributed by atoms with van der Waals surface area (Å²) in [6.45, 7) is 2.56. The molecule has 0 fully saturated rings. The molecule has 3 heteroatoms. The second-order valence-corrected chi connectivity index (χ2v) is 4.15. The van der Waals surface area contributed by atoms with E-state index in [0.29, 0.717) is 12.4 Å². The van der Waals surface area contributed by atoms with Gasteiger partial charge in [-0.15, -0.1) is 0 Å². The van der Waals surface area contributed by atoms with E-state index in [1.165, 1.54) is 0 Å². The van der Waals surface area contributed by atoms with Crippen molar-refractivity contribution < 1.29 is 9.47 Å². The van der Waals surface area contributed by atoms with Crippen molar-refractivity contribution in [3.8, 4) is 17.6 Å². The third kappa shape index (κ3) is 3.75. The highest BCUT2D eigenvalue weighted by Crippen LogP contribution is 2.24. The van der Waals surface area contributed by atoms with Crippen LogP contribution in [0.25, 0.3) is 0 Å². The summed E-state index contributed by atoms with van der Waals surface area (Å²) in [6, 6.07) is 17.5. The molecule has 0 atom stereocenters. The molecule has 0 saturated carbocycles. The largest absolute Gasteiger partial charge is 0.489 e. The standard InChI is InChI=1S/C16H15NO2/c1-13-11-15(18-10-9-17)7-8-16(13)19-12-14-5-3-2-4-6-14/h2-8,11H,10,12H2,1H3. The Balaban J connectivity index is 1.99. The van der Waals surface area contributed by atoms with Crippen LogP contribution in [0.1, 0.15) is 11.1 Å². The Kier molecular flexibility index (Phi) is 4.41. The molecule has 0 aliphatic heterocycles. The third-order valence-electron chi connectivity index (χ3n) is 2.69. The van der Waals surface area contributed by atoms with Crippen LogP contribution in [0.3, 0.4) is 0 Å². The number of hydrogen-bond acceptors (Lipinski definition) is 3. The van der Waals surface area contributed by atoms with Gasteiger partial charge in [-0.1, -0.05) is 30.3 Å². The van der Waals surface area contributed by atoms with Crippen molar-refractivity contribution in [1.82, 2.24) is 0 Å². The second kappa shape index (κ2) is 6.46. The van der Waals surface area contributed by atoms with E-state index in [0.717, 1.165) is 16.9 Å². The third-order valence-corrected chi connectivity index (χ3v) is 2.69. The van der Waals surface area contributed by atoms with Crippen LogP contribution in [-0.4, -0.2) is 6.61 Å². The van der Waals surface area contributed by atoms with Crippen molar-refractivity contribution in [2.45, 2.75) is 13.5 Å². The molecule has 2 aromatic carbocycles. The molecule has 0 heterocycles. The highest BCUT2D eigenvalue weighted by Gasteiger charge is 2.02. The summed E-state index contributed by atoms with van der Waals surface area (Å²) in [5, 5.41) is 8.46. The van der Waals surface area contributed by atoms with Gasteiger partial charge in [0.25, 0.3) is 0 Å². The lowest BCUT2D eigenvalue weighted by atomic mass is 10.2. The highest BCUT2D eigenvalue weighted by molar-refractivity contribution is 5.39. The molecule has 2 aromatic rings. The first-order chi connectivity index (χ1) is 9.29. The zero-order valence-electron chi connectivity index (χ0n) is 10.8. The Morgan fingerprint density at radius 2 is 1.84 bits per heavy atom. The number of ether oxygens (including phenoxy) is 2. The number of hydrogen-bond donors (Lipinski definition) is 0. The van der Waals surface area contributed by atoms with Crippen LogP contribution in [0.5, 0.6) is 11.5 Å². The summed E-state index contributed by atoms with van der Waals surface area (Å²) in [6.07, 6.45) is 0. The van der Waals surface area contributed by atoms with E-state index >= 15 is 0 Å². The van der Waals surface area contributed by atoms with Crippen molar-refractivity contribution in [3.63, 3.8) is 0 Å². The average Bonchev–Trinajstić information content (AvgIpc) is 2.45. The van der Waals surface area contributed by atoms with E-state index < -0.39 is 0 Å². The van der Waals surface area contributed by atoms with Gasteiger partial charge in [-0.2, -0.15) is 5.26 Å². The van der Waals surface area contributed by atoms with Crippen molar-refractivity contribution in [3.05, 3.63) is 59.7 Å². The summed E-state index contributed by atoms with van der Waals surface area (Å²) in [7, 11) is 0. The Bertz CT molecular complexity index is 573. The topological polar surface area (TPSA) is 42.2 Å². The van der Waals surface area contributed by atoms with Crippen LogP contribution >= 0.6 is 0 Å². The van der Waals surface area contributed by atoms with Crippen molar-refractivity contribution >= 4 is 0 Å². The van der Waals surface area contributed by atoms with Crippen molar-refractivity contribution in [2.24, 2.45) is 0 Å². The summed E-state index contributed by atoms with van der Waals surface area (Å²) in [5.74, 6) is 1.51. The Hall–Kier alpha value is -2.47. The van der Waals surface area contributed by atoms with Gasteiger partial charge in [0.15, 0.2) is 6.61 Å². The lowest BCUT2D eigenvalue weighted by Gasteiger charge is -2.10. The number of benzene rings is 2. The summed E-state index contributed by atoms with van der Waals surface area (Å²) >= 11 is 0. The van der Waals surface area contributed by atoms with Crippen LogP contribution in [0.4, 0.5) is 0 Å². The van der Waals surface area contributed by atoms with E-state index in [-0.39, 0.29) is 6.61 Å². The number of aryl methyl sites for hydroxylation is 1. The molecule has 96 valence electrons. The molecular weight excluding hydrogens is 238 g/mol. The predicted molar refractivity (Wildman–Crippen MR) is 73.1 cm³/mol. The molecule has 0 N–H and O–H groups in total. The van der Waals surface area contributed by atoms with E-state index in [1.807, 2.05) is 61.5 Å². The van der Waals surface area contributed by atoms with Gasteiger partial charge in [-0.05, 0) is 36.2 Å². The maximum atomic E-state index is 8.46. The van der Waals surface area contributed by atoms with Gasteiger partial charge >= 0.3 is 0 Å². The molecule has 0 aliphatic rings. The normalized spacial score (nSPS) is 9.68. The number of rotatable bonds is 5. The minimum atomic E-state index is 0.0592. The van der Waals surface area contributed by atoms with E-state index in [9.17, 15) is 0 Å². The zero-order chi connectivity index (χ0) is 13.5. The van der Waals surface area contributed by atoms with Gasteiger partial charge in [-0.3, -0.25) is 0 Å².